The van der Waals surface area contributed by atoms with Gasteiger partial charge < -0.3 is 5.11 Å². The Morgan fingerprint density at radius 1 is 1.33 bits per heavy atom. The molecule has 1 nitrogen and oxygen atoms in total. The lowest BCUT2D eigenvalue weighted by molar-refractivity contribution is -0.0623. The number of aliphatic hydroxyl groups is 1. The van der Waals surface area contributed by atoms with E-state index in [-0.39, 0.29) is 16.7 Å². The summed E-state index contributed by atoms with van der Waals surface area (Å²) in [5.74, 6) is 0.201. The van der Waals surface area contributed by atoms with Gasteiger partial charge in [0.05, 0.1) is 5.60 Å². The zero-order chi connectivity index (χ0) is 9.57. The van der Waals surface area contributed by atoms with E-state index in [0.29, 0.717) is 0 Å². The first-order valence-corrected chi connectivity index (χ1v) is 5.05. The zero-order valence-corrected chi connectivity index (χ0v) is 9.15. The van der Waals surface area contributed by atoms with Crippen LogP contribution in [0.2, 0.25) is 0 Å². The van der Waals surface area contributed by atoms with Gasteiger partial charge in [-0.3, -0.25) is 0 Å². The van der Waals surface area contributed by atoms with E-state index in [1.807, 2.05) is 13.8 Å². The second-order valence-electron chi connectivity index (χ2n) is 5.21. The quantitative estimate of drug-likeness (QED) is 0.583. The lowest BCUT2D eigenvalue weighted by Gasteiger charge is -2.46. The Labute approximate surface area is 80.1 Å². The second-order valence-corrected chi connectivity index (χ2v) is 5.77. The summed E-state index contributed by atoms with van der Waals surface area (Å²) in [6.07, 6.45) is 1.86. The summed E-state index contributed by atoms with van der Waals surface area (Å²) in [4.78, 5) is 0. The van der Waals surface area contributed by atoms with Gasteiger partial charge in [-0.15, -0.1) is 11.6 Å². The predicted octanol–water partition coefficient (Wildman–Crippen LogP) is 2.80. The van der Waals surface area contributed by atoms with Crippen molar-refractivity contribution >= 4 is 11.6 Å². The molecule has 3 atom stereocenters. The summed E-state index contributed by atoms with van der Waals surface area (Å²) in [5, 5.41) is 10.2. The number of alkyl halides is 1. The molecule has 1 N–H and O–H groups in total. The van der Waals surface area contributed by atoms with Crippen LogP contribution >= 0.6 is 11.6 Å². The van der Waals surface area contributed by atoms with E-state index in [1.165, 1.54) is 0 Å². The molecule has 0 amide bonds. The van der Waals surface area contributed by atoms with Gasteiger partial charge >= 0.3 is 0 Å². The van der Waals surface area contributed by atoms with E-state index in [0.717, 1.165) is 12.8 Å². The first-order valence-electron chi connectivity index (χ1n) is 4.61. The van der Waals surface area contributed by atoms with Crippen LogP contribution in [0.1, 0.15) is 40.5 Å². The number of rotatable bonds is 0. The normalized spacial score (nSPS) is 47.5. The Bertz CT molecular complexity index is 175. The smallest absolute Gasteiger partial charge is 0.0664 e. The van der Waals surface area contributed by atoms with Crippen molar-refractivity contribution in [1.82, 2.24) is 0 Å². The van der Waals surface area contributed by atoms with Gasteiger partial charge in [-0.2, -0.15) is 0 Å². The topological polar surface area (TPSA) is 20.2 Å². The maximum atomic E-state index is 10.1. The molecule has 0 aromatic rings. The molecular weight excluding hydrogens is 172 g/mol. The van der Waals surface area contributed by atoms with Gasteiger partial charge in [-0.1, -0.05) is 20.8 Å². The highest BCUT2D eigenvalue weighted by atomic mass is 35.5. The standard InChI is InChI=1S/C10H19ClO/c1-7-8(11)5-9(2,3)6-10(7,4)12/h7-8,12H,5-6H2,1-4H3/t7-,8-,10-/m1/s1. The first-order chi connectivity index (χ1) is 5.25. The van der Waals surface area contributed by atoms with E-state index in [1.54, 1.807) is 0 Å². The fraction of sp³-hybridized carbons (Fsp3) is 1.00. The predicted molar refractivity (Wildman–Crippen MR) is 52.4 cm³/mol. The van der Waals surface area contributed by atoms with Gasteiger partial charge in [-0.05, 0) is 25.2 Å². The van der Waals surface area contributed by atoms with Crippen LogP contribution in [0.5, 0.6) is 0 Å². The number of hydrogen-bond acceptors (Lipinski definition) is 1. The molecule has 0 spiro atoms. The summed E-state index contributed by atoms with van der Waals surface area (Å²) in [6.45, 7) is 8.27. The first kappa shape index (κ1) is 10.3. The highest BCUT2D eigenvalue weighted by molar-refractivity contribution is 6.20. The molecule has 0 aliphatic heterocycles. The number of halogens is 1. The Morgan fingerprint density at radius 2 is 1.83 bits per heavy atom. The van der Waals surface area contributed by atoms with Crippen LogP contribution < -0.4 is 0 Å². The molecule has 1 fully saturated rings. The molecule has 0 saturated heterocycles. The molecule has 12 heavy (non-hydrogen) atoms. The van der Waals surface area contributed by atoms with Crippen LogP contribution in [0.25, 0.3) is 0 Å². The molecule has 0 aromatic carbocycles. The molecular formula is C10H19ClO. The van der Waals surface area contributed by atoms with Gasteiger partial charge in [0.1, 0.15) is 0 Å². The highest BCUT2D eigenvalue weighted by Gasteiger charge is 2.44. The minimum Gasteiger partial charge on any atom is -0.390 e. The fourth-order valence-corrected chi connectivity index (χ4v) is 2.99. The largest absolute Gasteiger partial charge is 0.390 e. The van der Waals surface area contributed by atoms with Crippen LogP contribution in [0.3, 0.4) is 0 Å². The van der Waals surface area contributed by atoms with Crippen LogP contribution in [0, 0.1) is 11.3 Å². The second kappa shape index (κ2) is 2.88. The highest BCUT2D eigenvalue weighted by Crippen LogP contribution is 2.45. The van der Waals surface area contributed by atoms with Gasteiger partial charge in [-0.25, -0.2) is 0 Å². The van der Waals surface area contributed by atoms with Crippen LogP contribution in [0.15, 0.2) is 0 Å². The minimum absolute atomic E-state index is 0.115. The van der Waals surface area contributed by atoms with E-state index < -0.39 is 5.60 Å². The SMILES string of the molecule is C[C@@H]1[C@H](Cl)CC(C)(C)C[C@@]1(C)O. The van der Waals surface area contributed by atoms with Crippen molar-refractivity contribution < 1.29 is 5.11 Å². The fourth-order valence-electron chi connectivity index (χ4n) is 2.30. The summed E-state index contributed by atoms with van der Waals surface area (Å²) in [5.41, 5.74) is -0.406. The summed E-state index contributed by atoms with van der Waals surface area (Å²) < 4.78 is 0. The Balaban J connectivity index is 2.80. The van der Waals surface area contributed by atoms with E-state index in [2.05, 4.69) is 13.8 Å². The maximum absolute atomic E-state index is 10.1. The van der Waals surface area contributed by atoms with Crippen molar-refractivity contribution in [2.75, 3.05) is 0 Å². The van der Waals surface area contributed by atoms with Crippen molar-refractivity contribution in [3.8, 4) is 0 Å². The molecule has 1 aliphatic carbocycles. The molecule has 1 aliphatic rings. The van der Waals surface area contributed by atoms with Gasteiger partial charge in [0.25, 0.3) is 0 Å². The van der Waals surface area contributed by atoms with Gasteiger partial charge in [0, 0.05) is 11.3 Å². The Hall–Kier alpha value is 0.250. The number of hydrogen-bond donors (Lipinski definition) is 1. The summed E-state index contributed by atoms with van der Waals surface area (Å²) >= 11 is 6.18. The third-order valence-electron chi connectivity index (χ3n) is 3.11. The monoisotopic (exact) mass is 190 g/mol. The molecule has 0 bridgehead atoms. The van der Waals surface area contributed by atoms with E-state index in [4.69, 9.17) is 11.6 Å². The average Bonchev–Trinajstić information content (AvgIpc) is 1.79. The van der Waals surface area contributed by atoms with Crippen molar-refractivity contribution in [3.63, 3.8) is 0 Å². The van der Waals surface area contributed by atoms with Crippen molar-refractivity contribution in [3.05, 3.63) is 0 Å². The third kappa shape index (κ3) is 1.94. The molecule has 0 unspecified atom stereocenters. The van der Waals surface area contributed by atoms with Crippen LogP contribution in [-0.4, -0.2) is 16.1 Å². The van der Waals surface area contributed by atoms with Crippen LogP contribution in [-0.2, 0) is 0 Å². The van der Waals surface area contributed by atoms with Gasteiger partial charge in [0.2, 0.25) is 0 Å². The lowest BCUT2D eigenvalue weighted by atomic mass is 9.65. The molecule has 72 valence electrons. The van der Waals surface area contributed by atoms with E-state index >= 15 is 0 Å². The van der Waals surface area contributed by atoms with Crippen molar-refractivity contribution in [2.24, 2.45) is 11.3 Å². The molecule has 0 heterocycles. The Morgan fingerprint density at radius 3 is 2.25 bits per heavy atom. The maximum Gasteiger partial charge on any atom is 0.0664 e. The van der Waals surface area contributed by atoms with Gasteiger partial charge in [0.15, 0.2) is 0 Å². The lowest BCUT2D eigenvalue weighted by Crippen LogP contribution is -2.48. The summed E-state index contributed by atoms with van der Waals surface area (Å²) in [6, 6.07) is 0. The molecule has 0 aromatic heterocycles. The zero-order valence-electron chi connectivity index (χ0n) is 8.39. The van der Waals surface area contributed by atoms with Crippen molar-refractivity contribution in [1.29, 1.82) is 0 Å². The average molecular weight is 191 g/mol. The molecule has 1 saturated carbocycles. The molecule has 0 radical (unpaired) electrons. The van der Waals surface area contributed by atoms with E-state index in [9.17, 15) is 5.11 Å². The third-order valence-corrected chi connectivity index (χ3v) is 3.64. The van der Waals surface area contributed by atoms with Crippen LogP contribution in [0.4, 0.5) is 0 Å². The summed E-state index contributed by atoms with van der Waals surface area (Å²) in [7, 11) is 0. The Kier molecular flexibility index (Phi) is 2.48. The van der Waals surface area contributed by atoms with Crippen molar-refractivity contribution in [2.45, 2.75) is 51.5 Å². The molecule has 1 rings (SSSR count). The molecule has 2 heteroatoms. The minimum atomic E-state index is -0.589.